The standard InChI is InChI=1S/C68H130O6/c1-2-3-4-5-6-7-8-9-10-11-12-13-14-15-16-17-18-19-20-21-22-23-24-25-26-27-28-29-30-31-32-33-34-35-36-37-38-39-40-41-42-43-44-45-46-47-48-49-50-51-52-53-54-55-56-57-58-59-65-60-66(71)73-63-68(61-69,62-70)64-74-67(65)72/h23-24,65,69-70H,2-22,25-64H2,1H3/b24-23+. The number of esters is 2. The fourth-order valence-electron chi connectivity index (χ4n) is 11.3. The Kier molecular flexibility index (Phi) is 55.1. The summed E-state index contributed by atoms with van der Waals surface area (Å²) >= 11 is 0. The van der Waals surface area contributed by atoms with Crippen molar-refractivity contribution in [1.29, 1.82) is 0 Å². The van der Waals surface area contributed by atoms with Crippen molar-refractivity contribution >= 4 is 11.9 Å². The van der Waals surface area contributed by atoms with Crippen molar-refractivity contribution < 1.29 is 29.3 Å². The van der Waals surface area contributed by atoms with E-state index in [0.29, 0.717) is 6.42 Å². The number of hydrogen-bond donors (Lipinski definition) is 2. The molecular weight excluding hydrogens is 913 g/mol. The molecule has 0 amide bonds. The first-order valence-electron chi connectivity index (χ1n) is 33.8. The zero-order valence-corrected chi connectivity index (χ0v) is 49.9. The van der Waals surface area contributed by atoms with E-state index in [4.69, 9.17) is 9.47 Å². The summed E-state index contributed by atoms with van der Waals surface area (Å²) in [6, 6.07) is 0. The second kappa shape index (κ2) is 57.8. The molecule has 0 aromatic heterocycles. The SMILES string of the molecule is CCCCCCCCCCCCCCCCCCCCCC/C=C/CCCCCCCCCCCCCCCCCCCCCCCCCCCCCCCCCCCC1CC(=O)OCC(CO)(CO)COC1=O. The van der Waals surface area contributed by atoms with E-state index in [0.717, 1.165) is 19.3 Å². The molecule has 0 aromatic carbocycles. The van der Waals surface area contributed by atoms with Crippen LogP contribution in [-0.2, 0) is 19.1 Å². The molecule has 1 saturated heterocycles. The van der Waals surface area contributed by atoms with Crippen molar-refractivity contribution in [1.82, 2.24) is 0 Å². The Morgan fingerprint density at radius 1 is 0.351 bits per heavy atom. The molecule has 0 spiro atoms. The Morgan fingerprint density at radius 2 is 0.581 bits per heavy atom. The van der Waals surface area contributed by atoms with Crippen LogP contribution in [0.5, 0.6) is 0 Å². The van der Waals surface area contributed by atoms with Gasteiger partial charge < -0.3 is 19.7 Å². The predicted molar refractivity (Wildman–Crippen MR) is 320 cm³/mol. The molecule has 1 aliphatic heterocycles. The van der Waals surface area contributed by atoms with Gasteiger partial charge in [0, 0.05) is 0 Å². The average Bonchev–Trinajstić information content (AvgIpc) is 3.47. The quantitative estimate of drug-likeness (QED) is 0.0358. The summed E-state index contributed by atoms with van der Waals surface area (Å²) in [5.74, 6) is -1.40. The van der Waals surface area contributed by atoms with Crippen molar-refractivity contribution in [3.8, 4) is 0 Å². The summed E-state index contributed by atoms with van der Waals surface area (Å²) in [5.41, 5.74) is -1.12. The average molecular weight is 1040 g/mol. The van der Waals surface area contributed by atoms with E-state index in [-0.39, 0.29) is 19.6 Å². The highest BCUT2D eigenvalue weighted by Gasteiger charge is 2.36. The maximum atomic E-state index is 12.6. The Balaban J connectivity index is 1.67. The smallest absolute Gasteiger partial charge is 0.309 e. The van der Waals surface area contributed by atoms with Gasteiger partial charge in [-0.25, -0.2) is 0 Å². The van der Waals surface area contributed by atoms with Gasteiger partial charge in [-0.2, -0.15) is 0 Å². The molecule has 74 heavy (non-hydrogen) atoms. The van der Waals surface area contributed by atoms with E-state index in [1.165, 1.54) is 334 Å². The number of ether oxygens (including phenoxy) is 2. The molecule has 1 aliphatic rings. The zero-order valence-electron chi connectivity index (χ0n) is 49.9. The van der Waals surface area contributed by atoms with Gasteiger partial charge in [-0.3, -0.25) is 9.59 Å². The topological polar surface area (TPSA) is 93.1 Å². The summed E-state index contributed by atoms with van der Waals surface area (Å²) in [6.07, 6.45) is 83.1. The summed E-state index contributed by atoms with van der Waals surface area (Å²) in [7, 11) is 0. The number of aliphatic hydroxyl groups is 2. The van der Waals surface area contributed by atoms with Gasteiger partial charge >= 0.3 is 11.9 Å². The van der Waals surface area contributed by atoms with Gasteiger partial charge in [0.15, 0.2) is 0 Å². The fraction of sp³-hybridized carbons (Fsp3) is 0.941. The summed E-state index contributed by atoms with van der Waals surface area (Å²) in [6.45, 7) is 1.21. The van der Waals surface area contributed by atoms with Crippen molar-refractivity contribution in [2.24, 2.45) is 11.3 Å². The van der Waals surface area contributed by atoms with Crippen LogP contribution in [0.1, 0.15) is 373 Å². The minimum absolute atomic E-state index is 0.00492. The molecule has 0 bridgehead atoms. The van der Waals surface area contributed by atoms with Gasteiger partial charge in [0.2, 0.25) is 0 Å². The minimum atomic E-state index is -1.12. The first kappa shape index (κ1) is 70.6. The highest BCUT2D eigenvalue weighted by molar-refractivity contribution is 5.80. The third-order valence-electron chi connectivity index (χ3n) is 16.8. The second-order valence-corrected chi connectivity index (χ2v) is 24.2. The van der Waals surface area contributed by atoms with Crippen LogP contribution in [0.4, 0.5) is 0 Å². The molecule has 0 radical (unpaired) electrons. The first-order chi connectivity index (χ1) is 36.6. The van der Waals surface area contributed by atoms with Crippen LogP contribution in [0, 0.1) is 11.3 Å². The molecule has 1 rings (SSSR count). The summed E-state index contributed by atoms with van der Waals surface area (Å²) in [5, 5.41) is 19.2. The van der Waals surface area contributed by atoms with E-state index in [9.17, 15) is 19.8 Å². The number of carbonyl (C=O) groups excluding carboxylic acids is 2. The molecule has 438 valence electrons. The molecule has 1 fully saturated rings. The van der Waals surface area contributed by atoms with Crippen LogP contribution in [0.3, 0.4) is 0 Å². The molecule has 0 saturated carbocycles. The first-order valence-corrected chi connectivity index (χ1v) is 33.8. The van der Waals surface area contributed by atoms with Crippen LogP contribution < -0.4 is 0 Å². The Morgan fingerprint density at radius 3 is 0.838 bits per heavy atom. The highest BCUT2D eigenvalue weighted by atomic mass is 16.6. The number of carbonyl (C=O) groups is 2. The number of allylic oxidation sites excluding steroid dienone is 2. The molecule has 0 aromatic rings. The number of aliphatic hydroxyl groups excluding tert-OH is 2. The van der Waals surface area contributed by atoms with E-state index < -0.39 is 36.5 Å². The third-order valence-corrected chi connectivity index (χ3v) is 16.8. The maximum Gasteiger partial charge on any atom is 0.309 e. The predicted octanol–water partition coefficient (Wildman–Crippen LogP) is 21.5. The molecule has 1 heterocycles. The van der Waals surface area contributed by atoms with Crippen LogP contribution in [-0.4, -0.2) is 48.6 Å². The van der Waals surface area contributed by atoms with Crippen molar-refractivity contribution in [2.45, 2.75) is 373 Å². The van der Waals surface area contributed by atoms with Crippen LogP contribution >= 0.6 is 0 Å². The van der Waals surface area contributed by atoms with Crippen molar-refractivity contribution in [3.63, 3.8) is 0 Å². The van der Waals surface area contributed by atoms with Crippen LogP contribution in [0.15, 0.2) is 12.2 Å². The molecule has 6 heteroatoms. The van der Waals surface area contributed by atoms with E-state index >= 15 is 0 Å². The monoisotopic (exact) mass is 1040 g/mol. The molecule has 0 aliphatic carbocycles. The third kappa shape index (κ3) is 48.9. The summed E-state index contributed by atoms with van der Waals surface area (Å²) < 4.78 is 10.6. The van der Waals surface area contributed by atoms with E-state index in [1.54, 1.807) is 0 Å². The normalized spacial score (nSPS) is 15.1. The lowest BCUT2D eigenvalue weighted by atomic mass is 9.92. The number of hydrogen-bond acceptors (Lipinski definition) is 6. The maximum absolute atomic E-state index is 12.6. The van der Waals surface area contributed by atoms with Gasteiger partial charge in [0.05, 0.1) is 31.0 Å². The highest BCUT2D eigenvalue weighted by Crippen LogP contribution is 2.25. The van der Waals surface area contributed by atoms with E-state index in [1.807, 2.05) is 0 Å². The molecular formula is C68H130O6. The zero-order chi connectivity index (χ0) is 53.2. The molecule has 1 atom stereocenters. The Labute approximate surface area is 462 Å². The van der Waals surface area contributed by atoms with Gasteiger partial charge in [-0.1, -0.05) is 347 Å². The molecule has 6 nitrogen and oxygen atoms in total. The van der Waals surface area contributed by atoms with Crippen LogP contribution in [0.2, 0.25) is 0 Å². The number of cyclic esters (lactones) is 2. The fourth-order valence-corrected chi connectivity index (χ4v) is 11.3. The lowest BCUT2D eigenvalue weighted by Crippen LogP contribution is -2.40. The lowest BCUT2D eigenvalue weighted by molar-refractivity contribution is -0.155. The number of rotatable bonds is 59. The van der Waals surface area contributed by atoms with Gasteiger partial charge in [0.25, 0.3) is 0 Å². The largest absolute Gasteiger partial charge is 0.465 e. The van der Waals surface area contributed by atoms with E-state index in [2.05, 4.69) is 19.1 Å². The van der Waals surface area contributed by atoms with Gasteiger partial charge in [-0.15, -0.1) is 0 Å². The van der Waals surface area contributed by atoms with Crippen LogP contribution in [0.25, 0.3) is 0 Å². The summed E-state index contributed by atoms with van der Waals surface area (Å²) in [4.78, 5) is 24.8. The molecule has 2 N–H and O–H groups in total. The van der Waals surface area contributed by atoms with Crippen molar-refractivity contribution in [2.75, 3.05) is 26.4 Å². The second-order valence-electron chi connectivity index (χ2n) is 24.2. The molecule has 1 unspecified atom stereocenters. The number of unbranched alkanes of at least 4 members (excludes halogenated alkanes) is 53. The Hall–Kier alpha value is -1.40. The van der Waals surface area contributed by atoms with Crippen molar-refractivity contribution in [3.05, 3.63) is 12.2 Å². The lowest BCUT2D eigenvalue weighted by Gasteiger charge is -2.27. The minimum Gasteiger partial charge on any atom is -0.465 e. The Bertz CT molecular complexity index is 1160. The van der Waals surface area contributed by atoms with Gasteiger partial charge in [0.1, 0.15) is 13.2 Å². The van der Waals surface area contributed by atoms with Gasteiger partial charge in [-0.05, 0) is 32.1 Å².